The Balaban J connectivity index is 2.97. The molecule has 0 aromatic carbocycles. The maximum absolute atomic E-state index is 11.5. The summed E-state index contributed by atoms with van der Waals surface area (Å²) in [6.45, 7) is 5.51. The van der Waals surface area contributed by atoms with Gasteiger partial charge in [0, 0.05) is 19.5 Å². The topological polar surface area (TPSA) is 101 Å². The molecule has 0 unspecified atom stereocenters. The van der Waals surface area contributed by atoms with E-state index in [4.69, 9.17) is 23.7 Å². The molecule has 1 heterocycles. The van der Waals surface area contributed by atoms with Crippen molar-refractivity contribution in [2.75, 3.05) is 23.7 Å². The first kappa shape index (κ1) is 14.4. The number of hydrogen-bond donors (Lipinski definition) is 3. The van der Waals surface area contributed by atoms with Crippen molar-refractivity contribution in [1.82, 2.24) is 9.97 Å². The molecule has 0 amide bonds. The first-order valence-corrected chi connectivity index (χ1v) is 6.19. The molecule has 0 saturated heterocycles. The number of aromatic nitrogens is 2. The maximum atomic E-state index is 11.5. The number of anilines is 2. The molecule has 0 saturated carbocycles. The van der Waals surface area contributed by atoms with Crippen LogP contribution in [0.1, 0.15) is 20.3 Å². The normalized spacial score (nSPS) is 10.6. The molecule has 6 nitrogen and oxygen atoms in total. The summed E-state index contributed by atoms with van der Waals surface area (Å²) < 4.78 is 0. The average Bonchev–Trinajstić information content (AvgIpc) is 2.27. The average molecular weight is 269 g/mol. The number of nitrogens with zero attached hydrogens (tertiary/aromatic N) is 2. The van der Waals surface area contributed by atoms with Gasteiger partial charge in [0.1, 0.15) is 5.69 Å². The van der Waals surface area contributed by atoms with Crippen molar-refractivity contribution in [3.8, 4) is 0 Å². The zero-order valence-electron chi connectivity index (χ0n) is 10.6. The third-order valence-corrected chi connectivity index (χ3v) is 2.59. The fourth-order valence-electron chi connectivity index (χ4n) is 1.62. The van der Waals surface area contributed by atoms with Crippen LogP contribution in [0, 0.1) is 5.92 Å². The fraction of sp³-hybridized carbons (Fsp3) is 0.545. The molecule has 5 N–H and O–H groups in total. The molecule has 0 radical (unpaired) electrons. The molecule has 0 bridgehead atoms. The largest absolute Gasteiger partial charge is 0.393 e. The van der Waals surface area contributed by atoms with E-state index in [-0.39, 0.29) is 11.2 Å². The van der Waals surface area contributed by atoms with Gasteiger partial charge in [0.25, 0.3) is 5.56 Å². The highest BCUT2D eigenvalue weighted by molar-refractivity contribution is 7.80. The number of nitrogens with one attached hydrogen (secondary N) is 1. The Bertz CT molecular complexity index is 471. The van der Waals surface area contributed by atoms with Gasteiger partial charge >= 0.3 is 0 Å². The van der Waals surface area contributed by atoms with Crippen LogP contribution in [0.25, 0.3) is 0 Å². The van der Waals surface area contributed by atoms with Crippen molar-refractivity contribution in [1.29, 1.82) is 0 Å². The van der Waals surface area contributed by atoms with E-state index < -0.39 is 0 Å². The molecule has 18 heavy (non-hydrogen) atoms. The summed E-state index contributed by atoms with van der Waals surface area (Å²) >= 11 is 4.87. The Morgan fingerprint density at radius 1 is 1.61 bits per heavy atom. The predicted octanol–water partition coefficient (Wildman–Crippen LogP) is 0.491. The lowest BCUT2D eigenvalue weighted by Crippen LogP contribution is -2.33. The lowest BCUT2D eigenvalue weighted by molar-refractivity contribution is 0.609. The Morgan fingerprint density at radius 2 is 2.28 bits per heavy atom. The minimum atomic E-state index is -0.330. The van der Waals surface area contributed by atoms with Gasteiger partial charge < -0.3 is 21.4 Å². The quantitative estimate of drug-likeness (QED) is 0.650. The first-order chi connectivity index (χ1) is 8.41. The van der Waals surface area contributed by atoms with E-state index in [9.17, 15) is 4.79 Å². The van der Waals surface area contributed by atoms with E-state index in [0.717, 1.165) is 6.54 Å². The van der Waals surface area contributed by atoms with Crippen LogP contribution in [0.15, 0.2) is 11.1 Å². The zero-order valence-corrected chi connectivity index (χ0v) is 11.5. The van der Waals surface area contributed by atoms with Crippen molar-refractivity contribution in [3.05, 3.63) is 16.7 Å². The Kier molecular flexibility index (Phi) is 5.08. The highest BCUT2D eigenvalue weighted by Gasteiger charge is 2.15. The van der Waals surface area contributed by atoms with Crippen molar-refractivity contribution < 1.29 is 0 Å². The molecular weight excluding hydrogens is 250 g/mol. The summed E-state index contributed by atoms with van der Waals surface area (Å²) in [5.41, 5.74) is 11.1. The monoisotopic (exact) mass is 269 g/mol. The number of H-pyrrole nitrogens is 1. The van der Waals surface area contributed by atoms with Gasteiger partial charge in [-0.15, -0.1) is 0 Å². The number of thiocarbonyl (C=S) groups is 1. The van der Waals surface area contributed by atoms with E-state index in [1.807, 2.05) is 4.90 Å². The number of nitrogen functional groups attached to an aromatic ring is 1. The van der Waals surface area contributed by atoms with E-state index in [0.29, 0.717) is 29.7 Å². The van der Waals surface area contributed by atoms with Crippen LogP contribution in [-0.2, 0) is 0 Å². The molecule has 0 atom stereocenters. The first-order valence-electron chi connectivity index (χ1n) is 5.78. The van der Waals surface area contributed by atoms with Crippen molar-refractivity contribution in [2.24, 2.45) is 11.7 Å². The second kappa shape index (κ2) is 6.34. The summed E-state index contributed by atoms with van der Waals surface area (Å²) in [5, 5.41) is 0. The van der Waals surface area contributed by atoms with Crippen LogP contribution >= 0.6 is 12.2 Å². The SMILES string of the molecule is CC(C)CN(CCC(N)=S)c1nc[nH]c(=O)c1N. The highest BCUT2D eigenvalue weighted by Crippen LogP contribution is 2.17. The molecule has 1 rings (SSSR count). The third kappa shape index (κ3) is 3.99. The lowest BCUT2D eigenvalue weighted by Gasteiger charge is -2.26. The van der Waals surface area contributed by atoms with Crippen LogP contribution in [0.4, 0.5) is 11.5 Å². The number of aromatic amines is 1. The van der Waals surface area contributed by atoms with E-state index in [2.05, 4.69) is 23.8 Å². The number of rotatable bonds is 6. The third-order valence-electron chi connectivity index (χ3n) is 2.38. The molecule has 0 aliphatic rings. The van der Waals surface area contributed by atoms with Gasteiger partial charge in [-0.05, 0) is 5.92 Å². The smallest absolute Gasteiger partial charge is 0.276 e. The van der Waals surface area contributed by atoms with Crippen molar-refractivity contribution in [2.45, 2.75) is 20.3 Å². The second-order valence-electron chi connectivity index (χ2n) is 4.53. The summed E-state index contributed by atoms with van der Waals surface area (Å²) in [6, 6.07) is 0. The highest BCUT2D eigenvalue weighted by atomic mass is 32.1. The molecular formula is C11H19N5OS. The number of nitrogens with two attached hydrogens (primary N) is 2. The minimum Gasteiger partial charge on any atom is -0.393 e. The van der Waals surface area contributed by atoms with Gasteiger partial charge in [0.05, 0.1) is 11.3 Å². The summed E-state index contributed by atoms with van der Waals surface area (Å²) in [7, 11) is 0. The standard InChI is InChI=1S/C11H19N5OS/c1-7(2)5-16(4-3-8(12)18)10-9(13)11(17)15-6-14-10/h6-7H,3-5,13H2,1-2H3,(H2,12,18)(H,14,15,17). The van der Waals surface area contributed by atoms with Crippen LogP contribution in [-0.4, -0.2) is 28.0 Å². The molecule has 1 aromatic rings. The van der Waals surface area contributed by atoms with Gasteiger partial charge in [-0.3, -0.25) is 4.79 Å². The van der Waals surface area contributed by atoms with Crippen LogP contribution in [0.3, 0.4) is 0 Å². The molecule has 0 spiro atoms. The minimum absolute atomic E-state index is 0.126. The fourth-order valence-corrected chi connectivity index (χ4v) is 1.71. The second-order valence-corrected chi connectivity index (χ2v) is 5.05. The molecule has 1 aromatic heterocycles. The predicted molar refractivity (Wildman–Crippen MR) is 77.7 cm³/mol. The molecule has 0 fully saturated rings. The van der Waals surface area contributed by atoms with Gasteiger partial charge in [0.15, 0.2) is 5.82 Å². The Hall–Kier alpha value is -1.63. The molecule has 0 aliphatic heterocycles. The summed E-state index contributed by atoms with van der Waals surface area (Å²) in [5.74, 6) is 0.903. The van der Waals surface area contributed by atoms with Crippen LogP contribution in [0.2, 0.25) is 0 Å². The van der Waals surface area contributed by atoms with E-state index in [1.165, 1.54) is 6.33 Å². The van der Waals surface area contributed by atoms with Crippen molar-refractivity contribution >= 4 is 28.7 Å². The van der Waals surface area contributed by atoms with E-state index >= 15 is 0 Å². The maximum Gasteiger partial charge on any atom is 0.276 e. The van der Waals surface area contributed by atoms with Gasteiger partial charge in [-0.2, -0.15) is 0 Å². The lowest BCUT2D eigenvalue weighted by atomic mass is 10.2. The van der Waals surface area contributed by atoms with Crippen LogP contribution < -0.4 is 21.9 Å². The zero-order chi connectivity index (χ0) is 13.7. The molecule has 7 heteroatoms. The van der Waals surface area contributed by atoms with Gasteiger partial charge in [0.2, 0.25) is 0 Å². The van der Waals surface area contributed by atoms with Gasteiger partial charge in [-0.25, -0.2) is 4.98 Å². The molecule has 0 aliphatic carbocycles. The molecule has 100 valence electrons. The van der Waals surface area contributed by atoms with Crippen LogP contribution in [0.5, 0.6) is 0 Å². The van der Waals surface area contributed by atoms with E-state index in [1.54, 1.807) is 0 Å². The Labute approximate surface area is 111 Å². The summed E-state index contributed by atoms with van der Waals surface area (Å²) in [6.07, 6.45) is 1.91. The van der Waals surface area contributed by atoms with Crippen molar-refractivity contribution in [3.63, 3.8) is 0 Å². The number of hydrogen-bond acceptors (Lipinski definition) is 5. The Morgan fingerprint density at radius 3 is 2.83 bits per heavy atom. The van der Waals surface area contributed by atoms with Gasteiger partial charge in [-0.1, -0.05) is 26.1 Å². The summed E-state index contributed by atoms with van der Waals surface area (Å²) in [4.78, 5) is 20.4.